The number of benzene rings is 1. The molecule has 1 aromatic carbocycles. The number of carbonyl (C=O) groups excluding carboxylic acids is 1. The van der Waals surface area contributed by atoms with Gasteiger partial charge in [-0.25, -0.2) is 0 Å². The van der Waals surface area contributed by atoms with Gasteiger partial charge in [-0.15, -0.1) is 0 Å². The lowest BCUT2D eigenvalue weighted by Gasteiger charge is -2.18. The van der Waals surface area contributed by atoms with Gasteiger partial charge < -0.3 is 24.3 Å². The molecular formula is C22H31N3O4. The van der Waals surface area contributed by atoms with E-state index in [1.165, 1.54) is 20.0 Å². The maximum Gasteiger partial charge on any atom is 0.258 e. The van der Waals surface area contributed by atoms with E-state index in [-0.39, 0.29) is 11.5 Å². The Kier molecular flexibility index (Phi) is 7.14. The molecule has 0 saturated carbocycles. The summed E-state index contributed by atoms with van der Waals surface area (Å²) in [6.07, 6.45) is 6.01. The zero-order chi connectivity index (χ0) is 20.8. The molecule has 0 radical (unpaired) electrons. The van der Waals surface area contributed by atoms with Crippen molar-refractivity contribution in [2.24, 2.45) is 0 Å². The predicted octanol–water partition coefficient (Wildman–Crippen LogP) is 2.64. The third-order valence-corrected chi connectivity index (χ3v) is 5.51. The van der Waals surface area contributed by atoms with Crippen LogP contribution in [0.3, 0.4) is 0 Å². The molecule has 1 amide bonds. The molecule has 7 heteroatoms. The molecule has 1 saturated heterocycles. The van der Waals surface area contributed by atoms with Gasteiger partial charge >= 0.3 is 0 Å². The lowest BCUT2D eigenvalue weighted by atomic mass is 10.1. The Labute approximate surface area is 171 Å². The van der Waals surface area contributed by atoms with Crippen LogP contribution in [0, 0.1) is 0 Å². The number of likely N-dealkylation sites (tertiary alicyclic amines) is 1. The van der Waals surface area contributed by atoms with E-state index in [4.69, 9.17) is 9.47 Å². The zero-order valence-corrected chi connectivity index (χ0v) is 17.6. The van der Waals surface area contributed by atoms with Gasteiger partial charge in [-0.1, -0.05) is 13.3 Å². The summed E-state index contributed by atoms with van der Waals surface area (Å²) in [7, 11) is 3.08. The Morgan fingerprint density at radius 3 is 2.34 bits per heavy atom. The Morgan fingerprint density at radius 1 is 1.07 bits per heavy atom. The van der Waals surface area contributed by atoms with Gasteiger partial charge in [0.05, 0.1) is 25.2 Å². The number of unbranched alkanes of at least 4 members (excludes halogenated alkanes) is 1. The standard InChI is InChI=1S/C22H31N3O4/c1-4-5-8-23-21(26)18-15-25(12-11-24-9-6-7-10-24)22(27)17-14-20(29-3)19(28-2)13-16(17)18/h13-15H,4-12H2,1-3H3,(H,23,26). The second kappa shape index (κ2) is 9.78. The third-order valence-electron chi connectivity index (χ3n) is 5.51. The van der Waals surface area contributed by atoms with Gasteiger partial charge in [0, 0.05) is 31.2 Å². The van der Waals surface area contributed by atoms with Crippen LogP contribution in [0.1, 0.15) is 43.0 Å². The number of amides is 1. The summed E-state index contributed by atoms with van der Waals surface area (Å²) in [5.74, 6) is 0.800. The monoisotopic (exact) mass is 401 g/mol. The van der Waals surface area contributed by atoms with E-state index in [2.05, 4.69) is 17.1 Å². The molecule has 1 fully saturated rings. The largest absolute Gasteiger partial charge is 0.493 e. The normalized spacial score (nSPS) is 14.3. The van der Waals surface area contributed by atoms with E-state index in [1.807, 2.05) is 0 Å². The molecule has 29 heavy (non-hydrogen) atoms. The van der Waals surface area contributed by atoms with Gasteiger partial charge in [-0.2, -0.15) is 0 Å². The van der Waals surface area contributed by atoms with E-state index in [9.17, 15) is 9.59 Å². The Morgan fingerprint density at radius 2 is 1.72 bits per heavy atom. The number of rotatable bonds is 9. The molecule has 158 valence electrons. The summed E-state index contributed by atoms with van der Waals surface area (Å²) in [6, 6.07) is 3.39. The summed E-state index contributed by atoms with van der Waals surface area (Å²) in [4.78, 5) is 28.4. The van der Waals surface area contributed by atoms with Crippen molar-refractivity contribution in [3.63, 3.8) is 0 Å². The fourth-order valence-electron chi connectivity index (χ4n) is 3.79. The van der Waals surface area contributed by atoms with Crippen LogP contribution in [-0.4, -0.2) is 55.8 Å². The Hall–Kier alpha value is -2.54. The molecule has 0 atom stereocenters. The topological polar surface area (TPSA) is 72.8 Å². The van der Waals surface area contributed by atoms with Crippen molar-refractivity contribution in [1.82, 2.24) is 14.8 Å². The molecule has 0 bridgehead atoms. The molecule has 1 aromatic heterocycles. The molecule has 1 N–H and O–H groups in total. The van der Waals surface area contributed by atoms with Crippen molar-refractivity contribution >= 4 is 16.7 Å². The molecule has 0 aliphatic carbocycles. The van der Waals surface area contributed by atoms with E-state index in [0.717, 1.165) is 32.5 Å². The number of ether oxygens (including phenoxy) is 2. The Bertz CT molecular complexity index is 916. The van der Waals surface area contributed by atoms with E-state index >= 15 is 0 Å². The lowest BCUT2D eigenvalue weighted by molar-refractivity contribution is 0.0954. The SMILES string of the molecule is CCCCNC(=O)c1cn(CCN2CCCC2)c(=O)c2cc(OC)c(OC)cc12. The summed E-state index contributed by atoms with van der Waals surface area (Å²) in [5.41, 5.74) is 0.364. The molecule has 2 aromatic rings. The molecule has 2 heterocycles. The van der Waals surface area contributed by atoms with Crippen molar-refractivity contribution < 1.29 is 14.3 Å². The predicted molar refractivity (Wildman–Crippen MR) is 114 cm³/mol. The molecular weight excluding hydrogens is 370 g/mol. The van der Waals surface area contributed by atoms with Gasteiger partial charge in [-0.05, 0) is 44.5 Å². The van der Waals surface area contributed by atoms with Crippen LogP contribution in [-0.2, 0) is 6.54 Å². The molecule has 1 aliphatic heterocycles. The highest BCUT2D eigenvalue weighted by Crippen LogP contribution is 2.32. The van der Waals surface area contributed by atoms with Gasteiger partial charge in [0.1, 0.15) is 0 Å². The van der Waals surface area contributed by atoms with Gasteiger partial charge in [-0.3, -0.25) is 9.59 Å². The van der Waals surface area contributed by atoms with Crippen LogP contribution in [0.4, 0.5) is 0 Å². The second-order valence-electron chi connectivity index (χ2n) is 7.45. The number of methoxy groups -OCH3 is 2. The molecule has 7 nitrogen and oxygen atoms in total. The molecule has 3 rings (SSSR count). The summed E-state index contributed by atoms with van der Waals surface area (Å²) >= 11 is 0. The summed E-state index contributed by atoms with van der Waals surface area (Å²) < 4.78 is 12.4. The average molecular weight is 402 g/mol. The minimum absolute atomic E-state index is 0.120. The third kappa shape index (κ3) is 4.72. The number of hydrogen-bond acceptors (Lipinski definition) is 5. The quantitative estimate of drug-likeness (QED) is 0.654. The first-order valence-corrected chi connectivity index (χ1v) is 10.4. The van der Waals surface area contributed by atoms with Crippen LogP contribution >= 0.6 is 0 Å². The van der Waals surface area contributed by atoms with Gasteiger partial charge in [0.25, 0.3) is 11.5 Å². The highest BCUT2D eigenvalue weighted by molar-refractivity contribution is 6.07. The van der Waals surface area contributed by atoms with Gasteiger partial charge in [0.15, 0.2) is 11.5 Å². The fraction of sp³-hybridized carbons (Fsp3) is 0.545. The highest BCUT2D eigenvalue weighted by Gasteiger charge is 2.19. The van der Waals surface area contributed by atoms with Crippen LogP contribution in [0.5, 0.6) is 11.5 Å². The first kappa shape index (κ1) is 21.2. The zero-order valence-electron chi connectivity index (χ0n) is 17.6. The number of hydrogen-bond donors (Lipinski definition) is 1. The average Bonchev–Trinajstić information content (AvgIpc) is 3.26. The molecule has 0 spiro atoms. The second-order valence-corrected chi connectivity index (χ2v) is 7.45. The molecule has 0 unspecified atom stereocenters. The number of nitrogens with one attached hydrogen (secondary N) is 1. The van der Waals surface area contributed by atoms with Gasteiger partial charge in [0.2, 0.25) is 0 Å². The highest BCUT2D eigenvalue weighted by atomic mass is 16.5. The van der Waals surface area contributed by atoms with Crippen molar-refractivity contribution in [2.45, 2.75) is 39.2 Å². The lowest BCUT2D eigenvalue weighted by Crippen LogP contribution is -2.31. The van der Waals surface area contributed by atoms with Crippen molar-refractivity contribution in [3.8, 4) is 11.5 Å². The number of aromatic nitrogens is 1. The van der Waals surface area contributed by atoms with E-state index in [0.29, 0.717) is 40.9 Å². The van der Waals surface area contributed by atoms with Crippen LogP contribution in [0.2, 0.25) is 0 Å². The Balaban J connectivity index is 2.04. The minimum atomic E-state index is -0.175. The number of nitrogens with zero attached hydrogens (tertiary/aromatic N) is 2. The van der Waals surface area contributed by atoms with Crippen molar-refractivity contribution in [3.05, 3.63) is 34.2 Å². The fourth-order valence-corrected chi connectivity index (χ4v) is 3.79. The van der Waals surface area contributed by atoms with Crippen LogP contribution in [0.15, 0.2) is 23.1 Å². The van der Waals surface area contributed by atoms with E-state index < -0.39 is 0 Å². The van der Waals surface area contributed by atoms with Crippen molar-refractivity contribution in [2.75, 3.05) is 40.4 Å². The maximum absolute atomic E-state index is 13.2. The first-order valence-electron chi connectivity index (χ1n) is 10.4. The smallest absolute Gasteiger partial charge is 0.258 e. The number of carbonyl (C=O) groups is 1. The summed E-state index contributed by atoms with van der Waals surface area (Å²) in [6.45, 7) is 6.18. The maximum atomic E-state index is 13.2. The summed E-state index contributed by atoms with van der Waals surface area (Å²) in [5, 5.41) is 4.01. The minimum Gasteiger partial charge on any atom is -0.493 e. The molecule has 1 aliphatic rings. The number of fused-ring (bicyclic) bond motifs is 1. The van der Waals surface area contributed by atoms with Crippen LogP contribution < -0.4 is 20.3 Å². The van der Waals surface area contributed by atoms with E-state index in [1.54, 1.807) is 30.0 Å². The number of pyridine rings is 1. The first-order chi connectivity index (χ1) is 14.1. The van der Waals surface area contributed by atoms with Crippen LogP contribution in [0.25, 0.3) is 10.8 Å². The van der Waals surface area contributed by atoms with Crippen molar-refractivity contribution in [1.29, 1.82) is 0 Å².